The van der Waals surface area contributed by atoms with Gasteiger partial charge >= 0.3 is 0 Å². The second-order valence-electron chi connectivity index (χ2n) is 6.79. The number of benzene rings is 1. The number of aromatic nitrogens is 2. The lowest BCUT2D eigenvalue weighted by atomic mass is 10.1. The van der Waals surface area contributed by atoms with Crippen LogP contribution in [0.1, 0.15) is 39.0 Å². The molecule has 0 aliphatic rings. The van der Waals surface area contributed by atoms with E-state index in [9.17, 15) is 4.79 Å². The SMILES string of the molecule is CCn1ncc(Br)c1CN(C)C(=O)c1cc(COc2ccc(C)cc2C)cs1. The zero-order valence-corrected chi connectivity index (χ0v) is 18.9. The molecule has 2 heterocycles. The minimum Gasteiger partial charge on any atom is -0.489 e. The smallest absolute Gasteiger partial charge is 0.264 e. The number of halogens is 1. The molecule has 2 aromatic heterocycles. The summed E-state index contributed by atoms with van der Waals surface area (Å²) in [6.07, 6.45) is 1.77. The van der Waals surface area contributed by atoms with Crippen LogP contribution in [-0.2, 0) is 19.7 Å². The highest BCUT2D eigenvalue weighted by Crippen LogP contribution is 2.23. The summed E-state index contributed by atoms with van der Waals surface area (Å²) >= 11 is 4.96. The Balaban J connectivity index is 1.64. The Kier molecular flexibility index (Phi) is 6.57. The Morgan fingerprint density at radius 2 is 2.11 bits per heavy atom. The molecule has 0 spiro atoms. The van der Waals surface area contributed by atoms with Crippen LogP contribution in [0.25, 0.3) is 0 Å². The van der Waals surface area contributed by atoms with Crippen molar-refractivity contribution in [3.05, 3.63) is 67.6 Å². The van der Waals surface area contributed by atoms with E-state index in [1.54, 1.807) is 11.1 Å². The van der Waals surface area contributed by atoms with Gasteiger partial charge in [-0.05, 0) is 59.8 Å². The first-order valence-electron chi connectivity index (χ1n) is 9.12. The number of hydrogen-bond donors (Lipinski definition) is 0. The number of amides is 1. The summed E-state index contributed by atoms with van der Waals surface area (Å²) in [6.45, 7) is 7.86. The van der Waals surface area contributed by atoms with E-state index in [4.69, 9.17) is 4.74 Å². The van der Waals surface area contributed by atoms with E-state index in [0.717, 1.165) is 33.6 Å². The van der Waals surface area contributed by atoms with Crippen LogP contribution in [0.2, 0.25) is 0 Å². The average molecular weight is 462 g/mol. The summed E-state index contributed by atoms with van der Waals surface area (Å²) in [4.78, 5) is 15.2. The van der Waals surface area contributed by atoms with Crippen molar-refractivity contribution in [2.75, 3.05) is 7.05 Å². The number of thiophene rings is 1. The van der Waals surface area contributed by atoms with Crippen molar-refractivity contribution in [1.82, 2.24) is 14.7 Å². The van der Waals surface area contributed by atoms with Crippen LogP contribution >= 0.6 is 27.3 Å². The van der Waals surface area contributed by atoms with E-state index in [2.05, 4.69) is 34.0 Å². The molecule has 1 amide bonds. The number of carbonyl (C=O) groups excluding carboxylic acids is 1. The van der Waals surface area contributed by atoms with Gasteiger partial charge in [0.15, 0.2) is 0 Å². The molecule has 148 valence electrons. The van der Waals surface area contributed by atoms with Crippen molar-refractivity contribution in [2.45, 2.75) is 40.5 Å². The molecule has 0 unspecified atom stereocenters. The van der Waals surface area contributed by atoms with Gasteiger partial charge in [0.25, 0.3) is 5.91 Å². The lowest BCUT2D eigenvalue weighted by Gasteiger charge is -2.17. The van der Waals surface area contributed by atoms with E-state index in [1.807, 2.05) is 49.2 Å². The summed E-state index contributed by atoms with van der Waals surface area (Å²) in [5, 5.41) is 6.29. The molecule has 0 atom stereocenters. The highest BCUT2D eigenvalue weighted by atomic mass is 79.9. The average Bonchev–Trinajstić information content (AvgIpc) is 3.27. The maximum Gasteiger partial charge on any atom is 0.264 e. The highest BCUT2D eigenvalue weighted by molar-refractivity contribution is 9.10. The molecule has 0 saturated carbocycles. The van der Waals surface area contributed by atoms with Crippen LogP contribution in [0.5, 0.6) is 5.75 Å². The van der Waals surface area contributed by atoms with Crippen LogP contribution in [-0.4, -0.2) is 27.6 Å². The Morgan fingerprint density at radius 1 is 1.32 bits per heavy atom. The minimum absolute atomic E-state index is 0.00137. The van der Waals surface area contributed by atoms with Gasteiger partial charge in [0, 0.05) is 19.2 Å². The molecule has 0 aliphatic carbocycles. The first-order chi connectivity index (χ1) is 13.4. The number of rotatable bonds is 7. The van der Waals surface area contributed by atoms with Crippen molar-refractivity contribution < 1.29 is 9.53 Å². The van der Waals surface area contributed by atoms with Crippen LogP contribution in [0.3, 0.4) is 0 Å². The van der Waals surface area contributed by atoms with Gasteiger partial charge in [-0.3, -0.25) is 9.48 Å². The molecular formula is C21H24BrN3O2S. The van der Waals surface area contributed by atoms with Crippen molar-refractivity contribution in [3.63, 3.8) is 0 Å². The molecule has 7 heteroatoms. The first kappa shape index (κ1) is 20.6. The number of aryl methyl sites for hydroxylation is 3. The summed E-state index contributed by atoms with van der Waals surface area (Å²) in [6, 6.07) is 8.05. The lowest BCUT2D eigenvalue weighted by molar-refractivity contribution is 0.0786. The predicted molar refractivity (Wildman–Crippen MR) is 116 cm³/mol. The van der Waals surface area contributed by atoms with Gasteiger partial charge in [-0.15, -0.1) is 11.3 Å². The molecule has 3 aromatic rings. The van der Waals surface area contributed by atoms with Crippen LogP contribution < -0.4 is 4.74 Å². The summed E-state index contributed by atoms with van der Waals surface area (Å²) in [7, 11) is 1.81. The van der Waals surface area contributed by atoms with E-state index < -0.39 is 0 Å². The fourth-order valence-corrected chi connectivity index (χ4v) is 4.30. The monoisotopic (exact) mass is 461 g/mol. The molecule has 0 bridgehead atoms. The zero-order chi connectivity index (χ0) is 20.3. The topological polar surface area (TPSA) is 47.4 Å². The molecule has 0 aliphatic heterocycles. The first-order valence-corrected chi connectivity index (χ1v) is 10.8. The molecule has 0 fully saturated rings. The number of ether oxygens (including phenoxy) is 1. The Bertz CT molecular complexity index is 980. The third kappa shape index (κ3) is 4.64. The van der Waals surface area contributed by atoms with Gasteiger partial charge in [-0.1, -0.05) is 17.7 Å². The Labute approximate surface area is 178 Å². The molecule has 28 heavy (non-hydrogen) atoms. The number of carbonyl (C=O) groups is 1. The second-order valence-corrected chi connectivity index (χ2v) is 8.56. The minimum atomic E-state index is -0.00137. The van der Waals surface area contributed by atoms with Gasteiger partial charge in [0.05, 0.1) is 27.8 Å². The largest absolute Gasteiger partial charge is 0.489 e. The van der Waals surface area contributed by atoms with Crippen LogP contribution in [0.4, 0.5) is 0 Å². The maximum absolute atomic E-state index is 12.8. The molecule has 0 radical (unpaired) electrons. The van der Waals surface area contributed by atoms with E-state index >= 15 is 0 Å². The van der Waals surface area contributed by atoms with Gasteiger partial charge < -0.3 is 9.64 Å². The van der Waals surface area contributed by atoms with Crippen molar-refractivity contribution in [1.29, 1.82) is 0 Å². The standard InChI is InChI=1S/C21H24BrN3O2S/c1-5-25-18(17(22)10-23-25)11-24(4)21(26)20-9-16(13-28-20)12-27-19-7-6-14(2)8-15(19)3/h6-10,13H,5,11-12H2,1-4H3. The van der Waals surface area contributed by atoms with E-state index in [0.29, 0.717) is 18.0 Å². The van der Waals surface area contributed by atoms with Gasteiger partial charge in [-0.2, -0.15) is 5.10 Å². The van der Waals surface area contributed by atoms with Crippen molar-refractivity contribution >= 4 is 33.2 Å². The number of hydrogen-bond acceptors (Lipinski definition) is 4. The van der Waals surface area contributed by atoms with E-state index in [1.165, 1.54) is 16.9 Å². The summed E-state index contributed by atoms with van der Waals surface area (Å²) < 4.78 is 8.74. The van der Waals surface area contributed by atoms with Gasteiger partial charge in [0.1, 0.15) is 12.4 Å². The maximum atomic E-state index is 12.8. The highest BCUT2D eigenvalue weighted by Gasteiger charge is 2.18. The van der Waals surface area contributed by atoms with E-state index in [-0.39, 0.29) is 5.91 Å². The molecular weight excluding hydrogens is 438 g/mol. The molecule has 0 saturated heterocycles. The molecule has 5 nitrogen and oxygen atoms in total. The fourth-order valence-electron chi connectivity index (χ4n) is 2.99. The quantitative estimate of drug-likeness (QED) is 0.485. The summed E-state index contributed by atoms with van der Waals surface area (Å²) in [5.74, 6) is 0.873. The predicted octanol–water partition coefficient (Wildman–Crippen LogP) is 5.20. The summed E-state index contributed by atoms with van der Waals surface area (Å²) in [5.41, 5.74) is 4.33. The normalized spacial score (nSPS) is 10.9. The molecule has 3 rings (SSSR count). The lowest BCUT2D eigenvalue weighted by Crippen LogP contribution is -2.27. The van der Waals surface area contributed by atoms with Crippen LogP contribution in [0.15, 0.2) is 40.3 Å². The van der Waals surface area contributed by atoms with Crippen molar-refractivity contribution in [2.24, 2.45) is 0 Å². The molecule has 1 aromatic carbocycles. The fraction of sp³-hybridized carbons (Fsp3) is 0.333. The van der Waals surface area contributed by atoms with Gasteiger partial charge in [0.2, 0.25) is 0 Å². The van der Waals surface area contributed by atoms with Crippen molar-refractivity contribution in [3.8, 4) is 5.75 Å². The Morgan fingerprint density at radius 3 is 2.82 bits per heavy atom. The zero-order valence-electron chi connectivity index (χ0n) is 16.5. The number of nitrogens with zero attached hydrogens (tertiary/aromatic N) is 3. The third-order valence-corrected chi connectivity index (χ3v) is 6.15. The van der Waals surface area contributed by atoms with Crippen LogP contribution in [0, 0.1) is 13.8 Å². The second kappa shape index (κ2) is 8.92. The third-order valence-electron chi connectivity index (χ3n) is 4.52. The Hall–Kier alpha value is -2.12. The molecule has 0 N–H and O–H groups in total. The van der Waals surface area contributed by atoms with Gasteiger partial charge in [-0.25, -0.2) is 0 Å².